The largest absolute Gasteiger partial charge is 0.486 e. The fraction of sp³-hybridized carbons (Fsp3) is 0.231. The molecule has 1 aliphatic heterocycles. The minimum atomic E-state index is -0.308. The summed E-state index contributed by atoms with van der Waals surface area (Å²) < 4.78 is 12.0. The van der Waals surface area contributed by atoms with Crippen molar-refractivity contribution >= 4 is 50.5 Å². The highest BCUT2D eigenvalue weighted by atomic mass is 79.9. The van der Waals surface area contributed by atoms with E-state index < -0.39 is 0 Å². The zero-order valence-electron chi connectivity index (χ0n) is 9.66. The molecule has 0 N–H and O–H groups in total. The Labute approximate surface area is 133 Å². The van der Waals surface area contributed by atoms with Gasteiger partial charge in [0.05, 0.1) is 10.4 Å². The van der Waals surface area contributed by atoms with Crippen LogP contribution in [0.15, 0.2) is 28.1 Å². The first kappa shape index (κ1) is 13.6. The molecule has 19 heavy (non-hydrogen) atoms. The Hall–Kier alpha value is -0.420. The van der Waals surface area contributed by atoms with E-state index >= 15 is 0 Å². The molecule has 0 radical (unpaired) electrons. The van der Waals surface area contributed by atoms with Gasteiger partial charge in [-0.25, -0.2) is 0 Å². The van der Waals surface area contributed by atoms with Crippen molar-refractivity contribution in [3.05, 3.63) is 43.5 Å². The zero-order valence-corrected chi connectivity index (χ0v) is 13.6. The Balaban J connectivity index is 2.03. The van der Waals surface area contributed by atoms with E-state index in [4.69, 9.17) is 32.7 Å². The number of hydrogen-bond donors (Lipinski definition) is 0. The van der Waals surface area contributed by atoms with Crippen LogP contribution in [0.4, 0.5) is 0 Å². The average molecular weight is 380 g/mol. The van der Waals surface area contributed by atoms with Crippen LogP contribution < -0.4 is 9.47 Å². The molecule has 0 fully saturated rings. The number of benzene rings is 1. The third-order valence-electron chi connectivity index (χ3n) is 2.81. The van der Waals surface area contributed by atoms with Gasteiger partial charge < -0.3 is 9.47 Å². The summed E-state index contributed by atoms with van der Waals surface area (Å²) in [5.41, 5.74) is 0.926. The molecule has 1 aromatic heterocycles. The summed E-state index contributed by atoms with van der Waals surface area (Å²) >= 11 is 17.7. The molecule has 2 nitrogen and oxygen atoms in total. The maximum Gasteiger partial charge on any atom is 0.162 e. The highest BCUT2D eigenvalue weighted by Gasteiger charge is 2.22. The number of alkyl halides is 1. The van der Waals surface area contributed by atoms with Crippen molar-refractivity contribution < 1.29 is 9.47 Å². The predicted octanol–water partition coefficient (Wildman–Crippen LogP) is 5.26. The molecule has 1 aliphatic rings. The number of rotatable bonds is 2. The molecule has 0 saturated carbocycles. The smallest absolute Gasteiger partial charge is 0.162 e. The second-order valence-corrected chi connectivity index (χ2v) is 6.66. The maximum absolute atomic E-state index is 6.53. The fourth-order valence-electron chi connectivity index (χ4n) is 1.90. The summed E-state index contributed by atoms with van der Waals surface area (Å²) in [6, 6.07) is 5.65. The topological polar surface area (TPSA) is 18.5 Å². The predicted molar refractivity (Wildman–Crippen MR) is 82.2 cm³/mol. The lowest BCUT2D eigenvalue weighted by Gasteiger charge is -2.21. The standard InChI is InChI=1S/C13H9BrCl2O2S/c14-8-6-11-10(17-2-3-18-11)5-7(8)12(16)13-9(15)1-4-19-13/h1,4-6,12H,2-3H2. The molecule has 100 valence electrons. The van der Waals surface area contributed by atoms with Gasteiger partial charge in [-0.15, -0.1) is 22.9 Å². The van der Waals surface area contributed by atoms with Crippen molar-refractivity contribution in [1.82, 2.24) is 0 Å². The van der Waals surface area contributed by atoms with Crippen molar-refractivity contribution in [2.24, 2.45) is 0 Å². The zero-order chi connectivity index (χ0) is 13.4. The summed E-state index contributed by atoms with van der Waals surface area (Å²) in [5, 5.41) is 2.31. The number of hydrogen-bond acceptors (Lipinski definition) is 3. The van der Waals surface area contributed by atoms with Crippen LogP contribution in [0.1, 0.15) is 15.8 Å². The normalized spacial score (nSPS) is 15.3. The molecule has 0 amide bonds. The number of halogens is 3. The van der Waals surface area contributed by atoms with Gasteiger partial charge in [0, 0.05) is 9.35 Å². The summed E-state index contributed by atoms with van der Waals surface area (Å²) in [6.07, 6.45) is 0. The molecule has 1 unspecified atom stereocenters. The van der Waals surface area contributed by atoms with E-state index in [1.807, 2.05) is 23.6 Å². The Kier molecular flexibility index (Phi) is 3.94. The van der Waals surface area contributed by atoms with Crippen LogP contribution in [-0.4, -0.2) is 13.2 Å². The second-order valence-electron chi connectivity index (χ2n) is 4.01. The van der Waals surface area contributed by atoms with Crippen LogP contribution in [0.5, 0.6) is 11.5 Å². The molecule has 1 aromatic carbocycles. The van der Waals surface area contributed by atoms with E-state index in [1.165, 1.54) is 0 Å². The Bertz CT molecular complexity index is 615. The van der Waals surface area contributed by atoms with Crippen molar-refractivity contribution in [3.8, 4) is 11.5 Å². The number of ether oxygens (including phenoxy) is 2. The first-order chi connectivity index (χ1) is 9.16. The van der Waals surface area contributed by atoms with Crippen LogP contribution in [-0.2, 0) is 0 Å². The van der Waals surface area contributed by atoms with Crippen molar-refractivity contribution in [1.29, 1.82) is 0 Å². The van der Waals surface area contributed by atoms with Gasteiger partial charge >= 0.3 is 0 Å². The molecule has 0 aliphatic carbocycles. The van der Waals surface area contributed by atoms with Crippen LogP contribution in [0.25, 0.3) is 0 Å². The summed E-state index contributed by atoms with van der Waals surface area (Å²) in [6.45, 7) is 1.13. The van der Waals surface area contributed by atoms with E-state index in [2.05, 4.69) is 15.9 Å². The van der Waals surface area contributed by atoms with E-state index in [0.717, 1.165) is 26.4 Å². The Morgan fingerprint density at radius 1 is 1.21 bits per heavy atom. The molecule has 0 saturated heterocycles. The lowest BCUT2D eigenvalue weighted by molar-refractivity contribution is 0.171. The fourth-order valence-corrected chi connectivity index (χ4v) is 4.25. The molecular weight excluding hydrogens is 371 g/mol. The van der Waals surface area contributed by atoms with E-state index in [0.29, 0.717) is 18.2 Å². The second kappa shape index (κ2) is 5.52. The van der Waals surface area contributed by atoms with Crippen LogP contribution in [0.2, 0.25) is 5.02 Å². The minimum absolute atomic E-state index is 0.308. The van der Waals surface area contributed by atoms with Crippen molar-refractivity contribution in [3.63, 3.8) is 0 Å². The molecule has 1 atom stereocenters. The summed E-state index contributed by atoms with van der Waals surface area (Å²) in [7, 11) is 0. The van der Waals surface area contributed by atoms with Gasteiger partial charge in [0.2, 0.25) is 0 Å². The first-order valence-electron chi connectivity index (χ1n) is 5.63. The lowest BCUT2D eigenvalue weighted by Crippen LogP contribution is -2.15. The van der Waals surface area contributed by atoms with Gasteiger partial charge in [-0.2, -0.15) is 0 Å². The molecule has 2 heterocycles. The minimum Gasteiger partial charge on any atom is -0.486 e. The van der Waals surface area contributed by atoms with Crippen molar-refractivity contribution in [2.45, 2.75) is 5.38 Å². The van der Waals surface area contributed by atoms with Gasteiger partial charge in [0.15, 0.2) is 11.5 Å². The third-order valence-corrected chi connectivity index (χ3v) is 5.50. The number of fused-ring (bicyclic) bond motifs is 1. The van der Waals surface area contributed by atoms with E-state index in [9.17, 15) is 0 Å². The Morgan fingerprint density at radius 2 is 1.89 bits per heavy atom. The van der Waals surface area contributed by atoms with E-state index in [1.54, 1.807) is 11.3 Å². The maximum atomic E-state index is 6.53. The highest BCUT2D eigenvalue weighted by molar-refractivity contribution is 9.10. The van der Waals surface area contributed by atoms with Crippen LogP contribution >= 0.6 is 50.5 Å². The SMILES string of the molecule is Clc1ccsc1C(Cl)c1cc2c(cc1Br)OCCO2. The van der Waals surface area contributed by atoms with Gasteiger partial charge in [-0.3, -0.25) is 0 Å². The highest BCUT2D eigenvalue weighted by Crippen LogP contribution is 2.44. The van der Waals surface area contributed by atoms with Gasteiger partial charge in [-0.05, 0) is 29.1 Å². The summed E-state index contributed by atoms with van der Waals surface area (Å²) in [5.74, 6) is 1.46. The molecule has 0 bridgehead atoms. The number of thiophene rings is 1. The van der Waals surface area contributed by atoms with Gasteiger partial charge in [-0.1, -0.05) is 27.5 Å². The molecule has 6 heteroatoms. The Morgan fingerprint density at radius 3 is 2.53 bits per heavy atom. The van der Waals surface area contributed by atoms with Crippen molar-refractivity contribution in [2.75, 3.05) is 13.2 Å². The van der Waals surface area contributed by atoms with Crippen LogP contribution in [0.3, 0.4) is 0 Å². The quantitative estimate of drug-likeness (QED) is 0.662. The first-order valence-corrected chi connectivity index (χ1v) is 8.11. The average Bonchev–Trinajstić information content (AvgIpc) is 2.83. The van der Waals surface area contributed by atoms with Gasteiger partial charge in [0.1, 0.15) is 13.2 Å². The van der Waals surface area contributed by atoms with Gasteiger partial charge in [0.25, 0.3) is 0 Å². The molecule has 2 aromatic rings. The third kappa shape index (κ3) is 2.59. The molecule has 3 rings (SSSR count). The monoisotopic (exact) mass is 378 g/mol. The molecular formula is C13H9BrCl2O2S. The molecule has 0 spiro atoms. The van der Waals surface area contributed by atoms with Crippen LogP contribution in [0, 0.1) is 0 Å². The van der Waals surface area contributed by atoms with E-state index in [-0.39, 0.29) is 5.38 Å². The summed E-state index contributed by atoms with van der Waals surface area (Å²) in [4.78, 5) is 0.931. The lowest BCUT2D eigenvalue weighted by atomic mass is 10.1.